The van der Waals surface area contributed by atoms with Gasteiger partial charge in [-0.05, 0) is 106 Å². The first-order valence-electron chi connectivity index (χ1n) is 20.3. The third-order valence-electron chi connectivity index (χ3n) is 12.3. The molecule has 12 rings (SSSR count). The van der Waals surface area contributed by atoms with E-state index in [2.05, 4.69) is 216 Å². The van der Waals surface area contributed by atoms with E-state index in [1.165, 1.54) is 104 Å². The van der Waals surface area contributed by atoms with E-state index in [1.807, 2.05) is 12.4 Å². The molecule has 0 saturated heterocycles. The Hall–Kier alpha value is -7.81. The van der Waals surface area contributed by atoms with Crippen LogP contribution in [0.25, 0.3) is 115 Å². The molecule has 0 N–H and O–H groups in total. The zero-order valence-corrected chi connectivity index (χ0v) is 32.2. The van der Waals surface area contributed by atoms with Gasteiger partial charge in [0.15, 0.2) is 0 Å². The Morgan fingerprint density at radius 2 is 0.797 bits per heavy atom. The maximum Gasteiger partial charge on any atom is 0.0724 e. The highest BCUT2D eigenvalue weighted by Crippen LogP contribution is 2.48. The van der Waals surface area contributed by atoms with Gasteiger partial charge in [0.25, 0.3) is 0 Å². The number of hydrogen-bond donors (Lipinski definition) is 0. The molecule has 0 bridgehead atoms. The lowest BCUT2D eigenvalue weighted by Gasteiger charge is -2.20. The second kappa shape index (κ2) is 13.4. The maximum absolute atomic E-state index is 4.54. The fourth-order valence-corrected chi connectivity index (χ4v) is 9.66. The van der Waals surface area contributed by atoms with Crippen LogP contribution in [0.3, 0.4) is 0 Å². The minimum Gasteiger partial charge on any atom is -0.307 e. The number of fused-ring (bicyclic) bond motifs is 7. The lowest BCUT2D eigenvalue weighted by atomic mass is 9.83. The van der Waals surface area contributed by atoms with Crippen molar-refractivity contribution in [2.24, 2.45) is 0 Å². The van der Waals surface area contributed by atoms with Crippen LogP contribution < -0.4 is 0 Å². The minimum atomic E-state index is 1.10. The summed E-state index contributed by atoms with van der Waals surface area (Å²) in [7, 11) is 0. The molecule has 0 aliphatic heterocycles. The summed E-state index contributed by atoms with van der Waals surface area (Å²) >= 11 is 0. The van der Waals surface area contributed by atoms with Crippen molar-refractivity contribution in [3.05, 3.63) is 219 Å². The predicted molar refractivity (Wildman–Crippen MR) is 250 cm³/mol. The summed E-state index contributed by atoms with van der Waals surface area (Å²) in [6.45, 7) is 0. The smallest absolute Gasteiger partial charge is 0.0724 e. The molecule has 2 nitrogen and oxygen atoms in total. The Balaban J connectivity index is 1.07. The van der Waals surface area contributed by atoms with Crippen molar-refractivity contribution < 1.29 is 0 Å². The van der Waals surface area contributed by atoms with Gasteiger partial charge in [0.05, 0.1) is 22.9 Å². The Morgan fingerprint density at radius 1 is 0.305 bits per heavy atom. The van der Waals surface area contributed by atoms with Gasteiger partial charge >= 0.3 is 0 Å². The highest BCUT2D eigenvalue weighted by Gasteiger charge is 2.20. The Morgan fingerprint density at radius 3 is 1.51 bits per heavy atom. The second-order valence-electron chi connectivity index (χ2n) is 15.4. The first kappa shape index (κ1) is 33.3. The quantitative estimate of drug-likeness (QED) is 0.160. The van der Waals surface area contributed by atoms with Gasteiger partial charge in [-0.25, -0.2) is 0 Å². The van der Waals surface area contributed by atoms with E-state index >= 15 is 0 Å². The van der Waals surface area contributed by atoms with E-state index in [1.54, 1.807) is 0 Å². The van der Waals surface area contributed by atoms with Crippen LogP contribution >= 0.6 is 0 Å². The van der Waals surface area contributed by atoms with Gasteiger partial charge in [-0.15, -0.1) is 0 Å². The summed E-state index contributed by atoms with van der Waals surface area (Å²) in [5, 5.41) is 12.4. The van der Waals surface area contributed by atoms with Crippen molar-refractivity contribution in [2.45, 2.75) is 0 Å². The van der Waals surface area contributed by atoms with Gasteiger partial charge in [-0.2, -0.15) is 0 Å². The lowest BCUT2D eigenvalue weighted by Crippen LogP contribution is -1.97. The number of nitrogens with zero attached hydrogens (tertiary/aromatic N) is 2. The molecule has 0 aliphatic carbocycles. The largest absolute Gasteiger partial charge is 0.307 e. The van der Waals surface area contributed by atoms with E-state index in [9.17, 15) is 0 Å². The van der Waals surface area contributed by atoms with Crippen LogP contribution in [0.2, 0.25) is 0 Å². The van der Waals surface area contributed by atoms with Gasteiger partial charge in [-0.1, -0.05) is 182 Å². The van der Waals surface area contributed by atoms with Crippen LogP contribution in [0, 0.1) is 0 Å². The van der Waals surface area contributed by atoms with Crippen LogP contribution in [0.4, 0.5) is 0 Å². The predicted octanol–water partition coefficient (Wildman–Crippen LogP) is 15.5. The van der Waals surface area contributed by atoms with Gasteiger partial charge in [0.2, 0.25) is 0 Å². The normalized spacial score (nSPS) is 11.7. The Kier molecular flexibility index (Phi) is 7.57. The average molecular weight is 749 g/mol. The molecule has 2 heterocycles. The number of pyridine rings is 1. The molecular weight excluding hydrogens is 713 g/mol. The fourth-order valence-electron chi connectivity index (χ4n) is 9.66. The molecule has 0 spiro atoms. The number of aromatic nitrogens is 2. The Bertz CT molecular complexity index is 3550. The van der Waals surface area contributed by atoms with Crippen molar-refractivity contribution >= 4 is 64.9 Å². The zero-order valence-electron chi connectivity index (χ0n) is 32.2. The topological polar surface area (TPSA) is 17.8 Å². The third kappa shape index (κ3) is 5.24. The van der Waals surface area contributed by atoms with E-state index in [4.69, 9.17) is 0 Å². The number of hydrogen-bond acceptors (Lipinski definition) is 1. The number of rotatable bonds is 5. The SMILES string of the molecule is c1ccc(-n2c3ccccc3c3ccncc32)c(-c2ccc(-c3ccc4c(-c5cccc6ccccc56)c5ccccc5c(-c5cccc6ccccc56)c4c3)cc2)c1. The van der Waals surface area contributed by atoms with Crippen molar-refractivity contribution in [1.82, 2.24) is 9.55 Å². The first-order chi connectivity index (χ1) is 29.3. The van der Waals surface area contributed by atoms with Crippen molar-refractivity contribution in [1.29, 1.82) is 0 Å². The molecule has 0 saturated carbocycles. The van der Waals surface area contributed by atoms with Gasteiger partial charge in [0.1, 0.15) is 0 Å². The molecule has 0 amide bonds. The molecular formula is C57H36N2. The third-order valence-corrected chi connectivity index (χ3v) is 12.3. The molecule has 59 heavy (non-hydrogen) atoms. The van der Waals surface area contributed by atoms with E-state index in [-0.39, 0.29) is 0 Å². The van der Waals surface area contributed by atoms with E-state index in [0.717, 1.165) is 11.2 Å². The maximum atomic E-state index is 4.54. The first-order valence-corrected chi connectivity index (χ1v) is 20.3. The molecule has 10 aromatic carbocycles. The molecule has 0 aliphatic rings. The molecule has 2 heteroatoms. The summed E-state index contributed by atoms with van der Waals surface area (Å²) in [5.41, 5.74) is 13.2. The molecule has 2 aromatic heterocycles. The van der Waals surface area contributed by atoms with Crippen molar-refractivity contribution in [3.63, 3.8) is 0 Å². The van der Waals surface area contributed by atoms with Crippen LogP contribution in [-0.2, 0) is 0 Å². The molecule has 0 atom stereocenters. The van der Waals surface area contributed by atoms with Crippen LogP contribution in [-0.4, -0.2) is 9.55 Å². The molecule has 0 unspecified atom stereocenters. The number of para-hydroxylation sites is 2. The summed E-state index contributed by atoms with van der Waals surface area (Å²) in [6.07, 6.45) is 3.87. The summed E-state index contributed by atoms with van der Waals surface area (Å²) in [4.78, 5) is 4.54. The van der Waals surface area contributed by atoms with E-state index in [0.29, 0.717) is 0 Å². The minimum absolute atomic E-state index is 1.10. The standard InChI is InChI=1S/C57H36N2/c1-3-17-42-38(13-1)15-11-23-47(42)56-49-21-5-6-22-50(49)57(48-24-12-16-39-14-2-4-18-43(39)48)52-35-41(31-32-51(52)56)37-27-29-40(30-28-37)44-19-7-9-25-53(44)59-54-26-10-8-20-45(54)46-33-34-58-36-55(46)59/h1-36H. The molecule has 0 radical (unpaired) electrons. The number of benzene rings is 10. The average Bonchev–Trinajstić information content (AvgIpc) is 3.64. The van der Waals surface area contributed by atoms with Gasteiger partial charge in [-0.3, -0.25) is 4.98 Å². The fraction of sp³-hybridized carbons (Fsp3) is 0. The summed E-state index contributed by atoms with van der Waals surface area (Å²) < 4.78 is 2.36. The van der Waals surface area contributed by atoms with Crippen LogP contribution in [0.5, 0.6) is 0 Å². The van der Waals surface area contributed by atoms with Gasteiger partial charge < -0.3 is 4.57 Å². The van der Waals surface area contributed by atoms with Crippen molar-refractivity contribution in [2.75, 3.05) is 0 Å². The van der Waals surface area contributed by atoms with Crippen LogP contribution in [0.15, 0.2) is 219 Å². The monoisotopic (exact) mass is 748 g/mol. The van der Waals surface area contributed by atoms with E-state index < -0.39 is 0 Å². The Labute approximate surface area is 341 Å². The summed E-state index contributed by atoms with van der Waals surface area (Å²) in [5.74, 6) is 0. The van der Waals surface area contributed by atoms with Gasteiger partial charge in [0, 0.05) is 22.5 Å². The lowest BCUT2D eigenvalue weighted by molar-refractivity contribution is 1.17. The highest BCUT2D eigenvalue weighted by molar-refractivity contribution is 6.25. The second-order valence-corrected chi connectivity index (χ2v) is 15.4. The highest BCUT2D eigenvalue weighted by atomic mass is 15.0. The summed E-state index contributed by atoms with van der Waals surface area (Å²) in [6, 6.07) is 75.6. The van der Waals surface area contributed by atoms with Crippen molar-refractivity contribution in [3.8, 4) is 50.2 Å². The van der Waals surface area contributed by atoms with Crippen LogP contribution in [0.1, 0.15) is 0 Å². The molecule has 12 aromatic rings. The molecule has 0 fully saturated rings. The zero-order chi connectivity index (χ0) is 38.9. The molecule has 274 valence electrons.